The van der Waals surface area contributed by atoms with Crippen molar-refractivity contribution < 1.29 is 15.0 Å². The smallest absolute Gasteiger partial charge is 0.251 e. The van der Waals surface area contributed by atoms with Crippen LogP contribution in [-0.2, 0) is 0 Å². The van der Waals surface area contributed by atoms with E-state index < -0.39 is 5.60 Å². The summed E-state index contributed by atoms with van der Waals surface area (Å²) in [4.78, 5) is 12.2. The van der Waals surface area contributed by atoms with Crippen LogP contribution in [0.3, 0.4) is 0 Å². The Labute approximate surface area is 119 Å². The lowest BCUT2D eigenvalue weighted by Gasteiger charge is -2.27. The van der Waals surface area contributed by atoms with E-state index in [1.54, 1.807) is 25.1 Å². The van der Waals surface area contributed by atoms with Gasteiger partial charge < -0.3 is 15.5 Å². The zero-order valence-electron chi connectivity index (χ0n) is 12.0. The third-order valence-corrected chi connectivity index (χ3v) is 4.16. The Balaban J connectivity index is 1.99. The summed E-state index contributed by atoms with van der Waals surface area (Å²) in [5.41, 5.74) is 0.247. The molecule has 1 aromatic rings. The first-order valence-corrected chi connectivity index (χ1v) is 7.31. The molecule has 20 heavy (non-hydrogen) atoms. The second-order valence-corrected chi connectivity index (χ2v) is 5.77. The van der Waals surface area contributed by atoms with Gasteiger partial charge in [-0.2, -0.15) is 0 Å². The molecule has 0 bridgehead atoms. The van der Waals surface area contributed by atoms with E-state index in [-0.39, 0.29) is 18.2 Å². The van der Waals surface area contributed by atoms with Crippen molar-refractivity contribution in [3.05, 3.63) is 29.3 Å². The van der Waals surface area contributed by atoms with Crippen molar-refractivity contribution in [2.45, 2.75) is 51.0 Å². The third kappa shape index (κ3) is 3.51. The fraction of sp³-hybridized carbons (Fsp3) is 0.562. The highest BCUT2D eigenvalue weighted by Gasteiger charge is 2.28. The standard InChI is InChI=1S/C16H23NO3/c1-12-13(7-6-8-14(12)18)15(19)17-11-16(20)9-4-2-3-5-10-16/h6-8,18,20H,2-5,9-11H2,1H3,(H,17,19). The first-order valence-electron chi connectivity index (χ1n) is 7.31. The monoisotopic (exact) mass is 277 g/mol. The summed E-state index contributed by atoms with van der Waals surface area (Å²) in [6, 6.07) is 4.89. The number of amides is 1. The molecule has 1 amide bonds. The van der Waals surface area contributed by atoms with Gasteiger partial charge in [0, 0.05) is 17.7 Å². The van der Waals surface area contributed by atoms with Crippen molar-refractivity contribution in [3.8, 4) is 5.75 Å². The molecular formula is C16H23NO3. The average Bonchev–Trinajstić information content (AvgIpc) is 2.65. The normalized spacial score (nSPS) is 18.3. The molecule has 1 aromatic carbocycles. The molecule has 0 aliphatic heterocycles. The lowest BCUT2D eigenvalue weighted by atomic mass is 9.94. The van der Waals surface area contributed by atoms with E-state index in [4.69, 9.17) is 0 Å². The van der Waals surface area contributed by atoms with E-state index in [2.05, 4.69) is 5.32 Å². The van der Waals surface area contributed by atoms with E-state index in [0.29, 0.717) is 11.1 Å². The van der Waals surface area contributed by atoms with Crippen molar-refractivity contribution >= 4 is 5.91 Å². The quantitative estimate of drug-likeness (QED) is 0.744. The molecule has 0 radical (unpaired) electrons. The van der Waals surface area contributed by atoms with Gasteiger partial charge in [0.2, 0.25) is 0 Å². The number of aromatic hydroxyl groups is 1. The van der Waals surface area contributed by atoms with Gasteiger partial charge in [0.1, 0.15) is 5.75 Å². The van der Waals surface area contributed by atoms with Crippen LogP contribution in [0.4, 0.5) is 0 Å². The number of carbonyl (C=O) groups is 1. The van der Waals surface area contributed by atoms with E-state index in [9.17, 15) is 15.0 Å². The van der Waals surface area contributed by atoms with Gasteiger partial charge in [0.05, 0.1) is 5.60 Å². The number of phenolic OH excluding ortho intramolecular Hbond substituents is 1. The van der Waals surface area contributed by atoms with Crippen LogP contribution < -0.4 is 5.32 Å². The number of benzene rings is 1. The van der Waals surface area contributed by atoms with Crippen molar-refractivity contribution in [3.63, 3.8) is 0 Å². The number of hydrogen-bond donors (Lipinski definition) is 3. The van der Waals surface area contributed by atoms with Crippen molar-refractivity contribution in [1.82, 2.24) is 5.32 Å². The molecule has 110 valence electrons. The molecule has 1 saturated carbocycles. The highest BCUT2D eigenvalue weighted by Crippen LogP contribution is 2.26. The first-order chi connectivity index (χ1) is 9.52. The minimum Gasteiger partial charge on any atom is -0.508 e. The lowest BCUT2D eigenvalue weighted by Crippen LogP contribution is -2.42. The van der Waals surface area contributed by atoms with Crippen LogP contribution in [0.5, 0.6) is 5.75 Å². The molecule has 0 saturated heterocycles. The molecule has 2 rings (SSSR count). The number of hydrogen-bond acceptors (Lipinski definition) is 3. The van der Waals surface area contributed by atoms with Crippen molar-refractivity contribution in [1.29, 1.82) is 0 Å². The fourth-order valence-electron chi connectivity index (χ4n) is 2.77. The van der Waals surface area contributed by atoms with Gasteiger partial charge in [-0.15, -0.1) is 0 Å². The predicted molar refractivity (Wildman–Crippen MR) is 77.8 cm³/mol. The highest BCUT2D eigenvalue weighted by atomic mass is 16.3. The molecule has 3 N–H and O–H groups in total. The minimum absolute atomic E-state index is 0.117. The van der Waals surface area contributed by atoms with Crippen LogP contribution in [0.25, 0.3) is 0 Å². The van der Waals surface area contributed by atoms with Crippen LogP contribution in [0.15, 0.2) is 18.2 Å². The van der Waals surface area contributed by atoms with Crippen molar-refractivity contribution in [2.75, 3.05) is 6.54 Å². The van der Waals surface area contributed by atoms with Gasteiger partial charge in [-0.3, -0.25) is 4.79 Å². The van der Waals surface area contributed by atoms with Gasteiger partial charge in [0.25, 0.3) is 5.91 Å². The topological polar surface area (TPSA) is 69.6 Å². The Morgan fingerprint density at radius 3 is 2.55 bits per heavy atom. The molecule has 0 spiro atoms. The molecule has 4 heteroatoms. The minimum atomic E-state index is -0.781. The van der Waals surface area contributed by atoms with E-state index in [1.807, 2.05) is 0 Å². The molecule has 1 fully saturated rings. The molecule has 1 aliphatic rings. The summed E-state index contributed by atoms with van der Waals surface area (Å²) >= 11 is 0. The van der Waals surface area contributed by atoms with Crippen LogP contribution >= 0.6 is 0 Å². The highest BCUT2D eigenvalue weighted by molar-refractivity contribution is 5.96. The van der Waals surface area contributed by atoms with Crippen LogP contribution in [0.2, 0.25) is 0 Å². The molecule has 0 heterocycles. The molecule has 0 aromatic heterocycles. The Hall–Kier alpha value is -1.55. The number of aliphatic hydroxyl groups is 1. The molecule has 1 aliphatic carbocycles. The summed E-state index contributed by atoms with van der Waals surface area (Å²) in [7, 11) is 0. The fourth-order valence-corrected chi connectivity index (χ4v) is 2.77. The number of rotatable bonds is 3. The molecule has 0 unspecified atom stereocenters. The lowest BCUT2D eigenvalue weighted by molar-refractivity contribution is 0.0246. The van der Waals surface area contributed by atoms with Crippen LogP contribution in [0, 0.1) is 6.92 Å². The summed E-state index contributed by atoms with van der Waals surface area (Å²) in [5, 5.41) is 22.9. The van der Waals surface area contributed by atoms with Gasteiger partial charge in [-0.05, 0) is 31.9 Å². The maximum absolute atomic E-state index is 12.2. The van der Waals surface area contributed by atoms with Crippen molar-refractivity contribution in [2.24, 2.45) is 0 Å². The molecule has 4 nitrogen and oxygen atoms in total. The van der Waals surface area contributed by atoms with E-state index in [1.165, 1.54) is 0 Å². The Bertz CT molecular complexity index is 477. The average molecular weight is 277 g/mol. The summed E-state index contributed by atoms with van der Waals surface area (Å²) in [6.07, 6.45) is 5.82. The summed E-state index contributed by atoms with van der Waals surface area (Å²) in [5.74, 6) is -0.123. The van der Waals surface area contributed by atoms with Gasteiger partial charge >= 0.3 is 0 Å². The zero-order valence-corrected chi connectivity index (χ0v) is 12.0. The first kappa shape index (κ1) is 14.9. The summed E-state index contributed by atoms with van der Waals surface area (Å²) < 4.78 is 0. The number of phenols is 1. The van der Waals surface area contributed by atoms with Crippen LogP contribution in [0.1, 0.15) is 54.4 Å². The maximum atomic E-state index is 12.2. The third-order valence-electron chi connectivity index (χ3n) is 4.16. The zero-order chi connectivity index (χ0) is 14.6. The van der Waals surface area contributed by atoms with E-state index >= 15 is 0 Å². The predicted octanol–water partition coefficient (Wildman–Crippen LogP) is 2.52. The second-order valence-electron chi connectivity index (χ2n) is 5.77. The number of carbonyl (C=O) groups excluding carboxylic acids is 1. The largest absolute Gasteiger partial charge is 0.508 e. The van der Waals surface area contributed by atoms with Gasteiger partial charge in [-0.25, -0.2) is 0 Å². The Morgan fingerprint density at radius 1 is 1.25 bits per heavy atom. The van der Waals surface area contributed by atoms with E-state index in [0.717, 1.165) is 38.5 Å². The van der Waals surface area contributed by atoms with Gasteiger partial charge in [0.15, 0.2) is 0 Å². The summed E-state index contributed by atoms with van der Waals surface area (Å²) in [6.45, 7) is 1.99. The maximum Gasteiger partial charge on any atom is 0.251 e. The SMILES string of the molecule is Cc1c(O)cccc1C(=O)NCC1(O)CCCCCC1. The Morgan fingerprint density at radius 2 is 1.90 bits per heavy atom. The number of nitrogens with one attached hydrogen (secondary N) is 1. The molecular weight excluding hydrogens is 254 g/mol. The second kappa shape index (κ2) is 6.27. The van der Waals surface area contributed by atoms with Gasteiger partial charge in [-0.1, -0.05) is 31.7 Å². The Kier molecular flexibility index (Phi) is 4.65. The molecule has 0 atom stereocenters. The van der Waals surface area contributed by atoms with Crippen LogP contribution in [-0.4, -0.2) is 28.3 Å².